The Labute approximate surface area is 321 Å². The maximum atomic E-state index is 14.3. The third-order valence-electron chi connectivity index (χ3n) is 12.3. The van der Waals surface area contributed by atoms with Gasteiger partial charge in [-0.25, -0.2) is 9.59 Å². The van der Waals surface area contributed by atoms with E-state index in [-0.39, 0.29) is 31.8 Å². The van der Waals surface area contributed by atoms with E-state index in [0.29, 0.717) is 70.0 Å². The first kappa shape index (κ1) is 36.8. The summed E-state index contributed by atoms with van der Waals surface area (Å²) in [6.45, 7) is 4.26. The molecule has 0 spiro atoms. The Morgan fingerprint density at radius 3 is 2.25 bits per heavy atom. The van der Waals surface area contributed by atoms with Crippen LogP contribution in [0.25, 0.3) is 0 Å². The molecule has 2 aromatic carbocycles. The predicted molar refractivity (Wildman–Crippen MR) is 199 cm³/mol. The van der Waals surface area contributed by atoms with Crippen molar-refractivity contribution in [3.8, 4) is 28.7 Å². The summed E-state index contributed by atoms with van der Waals surface area (Å²) in [6.07, 6.45) is 14.2. The minimum absolute atomic E-state index is 0.0296. The zero-order valence-electron chi connectivity index (χ0n) is 31.9. The number of nitrogens with one attached hydrogen (secondary N) is 1. The minimum Gasteiger partial charge on any atom is -0.493 e. The largest absolute Gasteiger partial charge is 0.493 e. The standard InChI is InChI=1S/C43H49NO11/c1-22(2)14-32(44-43(47)52-19-30-26-12-8-6-10-24(26)25-11-7-9-13-27(25)30)41(45)55-39-29-18-34-33(53-21-54-34)17-28(29)37(38-31(39)20-51-42(38)46)23-15-35(48-3)40(50-5)36(16-23)49-4/h6,8-10,12-13,15-18,22,24-27,30-32,37-39H,7,11,14,19-21H2,1-5H3,(H,44,47). The molecule has 292 valence electrons. The van der Waals surface area contributed by atoms with Gasteiger partial charge in [-0.2, -0.15) is 0 Å². The molecule has 4 aliphatic carbocycles. The first-order chi connectivity index (χ1) is 26.7. The number of allylic oxidation sites excluding steroid dienone is 6. The molecule has 10 unspecified atom stereocenters. The molecule has 12 heteroatoms. The van der Waals surface area contributed by atoms with Crippen LogP contribution >= 0.6 is 0 Å². The number of benzene rings is 2. The third kappa shape index (κ3) is 6.67. The molecule has 2 aromatic rings. The second-order valence-electron chi connectivity index (χ2n) is 15.7. The van der Waals surface area contributed by atoms with Gasteiger partial charge in [0.15, 0.2) is 23.0 Å². The van der Waals surface area contributed by atoms with E-state index < -0.39 is 47.9 Å². The Morgan fingerprint density at radius 2 is 1.56 bits per heavy atom. The zero-order valence-corrected chi connectivity index (χ0v) is 31.9. The first-order valence-corrected chi connectivity index (χ1v) is 19.3. The van der Waals surface area contributed by atoms with Crippen LogP contribution < -0.4 is 29.0 Å². The summed E-state index contributed by atoms with van der Waals surface area (Å²) in [4.78, 5) is 41.5. The highest BCUT2D eigenvalue weighted by atomic mass is 16.7. The molecule has 2 heterocycles. The molecule has 2 fully saturated rings. The molecule has 10 atom stereocenters. The van der Waals surface area contributed by atoms with E-state index in [0.717, 1.165) is 18.4 Å². The Kier molecular flexibility index (Phi) is 10.2. The Bertz CT molecular complexity index is 1890. The van der Waals surface area contributed by atoms with E-state index in [1.165, 1.54) is 21.3 Å². The number of hydrogen-bond donors (Lipinski definition) is 1. The quantitative estimate of drug-likeness (QED) is 0.150. The van der Waals surface area contributed by atoms with Gasteiger partial charge in [0.05, 0.1) is 40.5 Å². The highest BCUT2D eigenvalue weighted by Gasteiger charge is 2.55. The average Bonchev–Trinajstić information content (AvgIpc) is 3.90. The fourth-order valence-corrected chi connectivity index (χ4v) is 9.96. The Hall–Kier alpha value is -5.13. The predicted octanol–water partition coefficient (Wildman–Crippen LogP) is 6.67. The van der Waals surface area contributed by atoms with Gasteiger partial charge in [0.25, 0.3) is 0 Å². The van der Waals surface area contributed by atoms with E-state index in [2.05, 4.69) is 41.8 Å². The summed E-state index contributed by atoms with van der Waals surface area (Å²) in [5.41, 5.74) is 2.08. The van der Waals surface area contributed by atoms with E-state index >= 15 is 0 Å². The van der Waals surface area contributed by atoms with Gasteiger partial charge < -0.3 is 43.2 Å². The second kappa shape index (κ2) is 15.2. The van der Waals surface area contributed by atoms with Gasteiger partial charge >= 0.3 is 18.0 Å². The number of amides is 1. The summed E-state index contributed by atoms with van der Waals surface area (Å²) < 4.78 is 46.5. The van der Waals surface area contributed by atoms with Crippen molar-refractivity contribution in [3.05, 3.63) is 77.4 Å². The SMILES string of the molecule is COc1cc(C2c3cc4c(cc3C(OC(=O)C(CC(C)C)NC(=O)OCC3C5C=CC=CC5C5CCC=CC53)C3COC(=O)C23)OCO4)cc(OC)c1OC. The van der Waals surface area contributed by atoms with Crippen LogP contribution in [0.1, 0.15) is 61.8 Å². The van der Waals surface area contributed by atoms with Gasteiger partial charge in [-0.3, -0.25) is 4.79 Å². The molecule has 55 heavy (non-hydrogen) atoms. The van der Waals surface area contributed by atoms with Crippen LogP contribution in [0.15, 0.2) is 60.7 Å². The van der Waals surface area contributed by atoms with Crippen LogP contribution in [0.2, 0.25) is 0 Å². The lowest BCUT2D eigenvalue weighted by molar-refractivity contribution is -0.157. The van der Waals surface area contributed by atoms with Crippen LogP contribution in [0, 0.1) is 47.3 Å². The van der Waals surface area contributed by atoms with Crippen LogP contribution in [-0.2, 0) is 23.8 Å². The number of cyclic esters (lactones) is 1. The minimum atomic E-state index is -0.995. The summed E-state index contributed by atoms with van der Waals surface area (Å²) in [5, 5.41) is 2.84. The molecule has 1 saturated heterocycles. The van der Waals surface area contributed by atoms with Crippen molar-refractivity contribution in [1.29, 1.82) is 0 Å². The Balaban J connectivity index is 1.07. The number of methoxy groups -OCH3 is 3. The molecule has 1 saturated carbocycles. The lowest BCUT2D eigenvalue weighted by Crippen LogP contribution is -2.45. The number of alkyl carbamates (subject to hydrolysis) is 1. The van der Waals surface area contributed by atoms with Gasteiger partial charge in [-0.15, -0.1) is 0 Å². The normalized spacial score (nSPS) is 29.7. The molecule has 1 N–H and O–H groups in total. The van der Waals surface area contributed by atoms with Crippen molar-refractivity contribution < 1.29 is 52.3 Å². The van der Waals surface area contributed by atoms with Crippen molar-refractivity contribution in [2.24, 2.45) is 47.3 Å². The fourth-order valence-electron chi connectivity index (χ4n) is 9.96. The summed E-state index contributed by atoms with van der Waals surface area (Å²) in [7, 11) is 4.60. The third-order valence-corrected chi connectivity index (χ3v) is 12.3. The van der Waals surface area contributed by atoms with Crippen molar-refractivity contribution in [2.45, 2.75) is 51.2 Å². The van der Waals surface area contributed by atoms with Crippen LogP contribution in [0.5, 0.6) is 28.7 Å². The summed E-state index contributed by atoms with van der Waals surface area (Å²) >= 11 is 0. The van der Waals surface area contributed by atoms with E-state index in [4.69, 9.17) is 37.9 Å². The number of esters is 2. The second-order valence-corrected chi connectivity index (χ2v) is 15.7. The molecular formula is C43H49NO11. The highest BCUT2D eigenvalue weighted by molar-refractivity contribution is 5.83. The number of carbonyl (C=O) groups excluding carboxylic acids is 3. The Morgan fingerprint density at radius 1 is 0.855 bits per heavy atom. The number of hydrogen-bond acceptors (Lipinski definition) is 11. The lowest BCUT2D eigenvalue weighted by atomic mass is 9.66. The molecular weight excluding hydrogens is 706 g/mol. The van der Waals surface area contributed by atoms with Gasteiger partial charge in [-0.1, -0.05) is 50.3 Å². The van der Waals surface area contributed by atoms with Crippen molar-refractivity contribution >= 4 is 18.0 Å². The summed E-state index contributed by atoms with van der Waals surface area (Å²) in [6, 6.07) is 6.30. The maximum Gasteiger partial charge on any atom is 0.407 e. The average molecular weight is 756 g/mol. The molecule has 0 aromatic heterocycles. The molecule has 6 aliphatic rings. The number of rotatable bonds is 11. The molecule has 12 nitrogen and oxygen atoms in total. The zero-order chi connectivity index (χ0) is 38.4. The molecule has 2 aliphatic heterocycles. The van der Waals surface area contributed by atoms with E-state index in [1.807, 2.05) is 38.1 Å². The molecule has 0 radical (unpaired) electrons. The van der Waals surface area contributed by atoms with Crippen LogP contribution in [-0.4, -0.2) is 65.4 Å². The van der Waals surface area contributed by atoms with E-state index in [9.17, 15) is 14.4 Å². The van der Waals surface area contributed by atoms with Crippen LogP contribution in [0.3, 0.4) is 0 Å². The number of ether oxygens (including phenoxy) is 8. The molecule has 8 rings (SSSR count). The van der Waals surface area contributed by atoms with Crippen molar-refractivity contribution in [1.82, 2.24) is 5.32 Å². The topological polar surface area (TPSA) is 137 Å². The lowest BCUT2D eigenvalue weighted by Gasteiger charge is -2.39. The van der Waals surface area contributed by atoms with Crippen LogP contribution in [0.4, 0.5) is 4.79 Å². The van der Waals surface area contributed by atoms with Crippen molar-refractivity contribution in [3.63, 3.8) is 0 Å². The first-order valence-electron chi connectivity index (χ1n) is 19.3. The van der Waals surface area contributed by atoms with Gasteiger partial charge in [0.2, 0.25) is 12.5 Å². The van der Waals surface area contributed by atoms with Gasteiger partial charge in [-0.05, 0) is 84.2 Å². The maximum absolute atomic E-state index is 14.3. The molecule has 1 amide bonds. The fraction of sp³-hybridized carbons (Fsp3) is 0.512. The van der Waals surface area contributed by atoms with Gasteiger partial charge in [0.1, 0.15) is 12.1 Å². The van der Waals surface area contributed by atoms with E-state index in [1.54, 1.807) is 0 Å². The van der Waals surface area contributed by atoms with Gasteiger partial charge in [0, 0.05) is 23.3 Å². The smallest absolute Gasteiger partial charge is 0.407 e. The summed E-state index contributed by atoms with van der Waals surface area (Å²) in [5.74, 6) is 1.19. The monoisotopic (exact) mass is 755 g/mol. The number of fused-ring (bicyclic) bond motifs is 6. The number of carbonyl (C=O) groups is 3. The van der Waals surface area contributed by atoms with Crippen molar-refractivity contribution in [2.75, 3.05) is 41.3 Å². The highest BCUT2D eigenvalue weighted by Crippen LogP contribution is 2.57. The molecule has 0 bridgehead atoms.